The Hall–Kier alpha value is -2.37. The first kappa shape index (κ1) is 12.7. The fraction of sp³-hybridized carbons (Fsp3) is 0.357. The number of amides is 3. The van der Waals surface area contributed by atoms with Crippen molar-refractivity contribution in [1.82, 2.24) is 15.1 Å². The molecule has 0 atom stereocenters. The highest BCUT2D eigenvalue weighted by Gasteiger charge is 2.28. The number of hydrogen-bond acceptors (Lipinski definition) is 3. The van der Waals surface area contributed by atoms with Crippen molar-refractivity contribution in [2.24, 2.45) is 7.05 Å². The Morgan fingerprint density at radius 1 is 1.35 bits per heavy atom. The van der Waals surface area contributed by atoms with Crippen molar-refractivity contribution in [1.29, 1.82) is 0 Å². The minimum absolute atomic E-state index is 0.235. The number of fused-ring (bicyclic) bond motifs is 1. The van der Waals surface area contributed by atoms with Crippen LogP contribution in [0.2, 0.25) is 0 Å². The van der Waals surface area contributed by atoms with E-state index in [2.05, 4.69) is 23.4 Å². The molecule has 1 aromatic heterocycles. The van der Waals surface area contributed by atoms with E-state index in [4.69, 9.17) is 0 Å². The van der Waals surface area contributed by atoms with Gasteiger partial charge < -0.3 is 0 Å². The molecule has 1 fully saturated rings. The van der Waals surface area contributed by atoms with Gasteiger partial charge in [0.2, 0.25) is 5.91 Å². The van der Waals surface area contributed by atoms with Crippen LogP contribution in [0.5, 0.6) is 0 Å². The number of anilines is 1. The van der Waals surface area contributed by atoms with Gasteiger partial charge in [-0.1, -0.05) is 19.1 Å². The molecular formula is C14H16N4O2. The van der Waals surface area contributed by atoms with Crippen LogP contribution in [0.1, 0.15) is 18.9 Å². The lowest BCUT2D eigenvalue weighted by Crippen LogP contribution is -2.49. The first-order valence-electron chi connectivity index (χ1n) is 6.67. The minimum atomic E-state index is -0.400. The number of urea groups is 1. The monoisotopic (exact) mass is 272 g/mol. The second-order valence-corrected chi connectivity index (χ2v) is 4.87. The molecule has 2 aromatic rings. The van der Waals surface area contributed by atoms with Crippen LogP contribution in [0.25, 0.3) is 10.9 Å². The zero-order valence-electron chi connectivity index (χ0n) is 11.5. The van der Waals surface area contributed by atoms with Crippen LogP contribution >= 0.6 is 0 Å². The normalized spacial score (nSPS) is 15.8. The van der Waals surface area contributed by atoms with Gasteiger partial charge in [0.05, 0.1) is 5.52 Å². The van der Waals surface area contributed by atoms with E-state index in [1.54, 1.807) is 4.68 Å². The fourth-order valence-corrected chi connectivity index (χ4v) is 2.65. The van der Waals surface area contributed by atoms with Crippen LogP contribution in [0.4, 0.5) is 10.6 Å². The molecule has 6 heteroatoms. The summed E-state index contributed by atoms with van der Waals surface area (Å²) in [5, 5.41) is 7.74. The van der Waals surface area contributed by atoms with E-state index in [0.717, 1.165) is 17.3 Å². The summed E-state index contributed by atoms with van der Waals surface area (Å²) in [7, 11) is 1.87. The number of para-hydroxylation sites is 1. The molecule has 3 amide bonds. The number of carbonyl (C=O) groups excluding carboxylic acids is 2. The summed E-state index contributed by atoms with van der Waals surface area (Å²) < 4.78 is 1.80. The summed E-state index contributed by atoms with van der Waals surface area (Å²) in [5.41, 5.74) is 2.23. The number of aromatic nitrogens is 2. The average molecular weight is 272 g/mol. The van der Waals surface area contributed by atoms with Crippen molar-refractivity contribution in [3.8, 4) is 0 Å². The van der Waals surface area contributed by atoms with E-state index < -0.39 is 6.03 Å². The molecule has 0 spiro atoms. The van der Waals surface area contributed by atoms with Crippen LogP contribution in [-0.2, 0) is 18.3 Å². The Balaban J connectivity index is 2.13. The van der Waals surface area contributed by atoms with Gasteiger partial charge in [0, 0.05) is 25.4 Å². The molecule has 3 rings (SSSR count). The highest BCUT2D eigenvalue weighted by Crippen LogP contribution is 2.29. The zero-order valence-corrected chi connectivity index (χ0v) is 11.5. The smallest absolute Gasteiger partial charge is 0.278 e. The molecule has 20 heavy (non-hydrogen) atoms. The lowest BCUT2D eigenvalue weighted by atomic mass is 10.1. The minimum Gasteiger partial charge on any atom is -0.278 e. The predicted octanol–water partition coefficient (Wildman–Crippen LogP) is 1.58. The third-order valence-electron chi connectivity index (χ3n) is 3.62. The van der Waals surface area contributed by atoms with E-state index in [9.17, 15) is 9.59 Å². The first-order chi connectivity index (χ1) is 9.61. The van der Waals surface area contributed by atoms with E-state index in [1.807, 2.05) is 19.2 Å². The number of nitrogens with one attached hydrogen (secondary N) is 1. The Labute approximate surface area is 116 Å². The molecule has 1 aliphatic rings. The van der Waals surface area contributed by atoms with Crippen LogP contribution in [0, 0.1) is 0 Å². The maximum Gasteiger partial charge on any atom is 0.329 e. The quantitative estimate of drug-likeness (QED) is 0.902. The molecule has 0 bridgehead atoms. The molecule has 1 aliphatic heterocycles. The molecule has 0 saturated carbocycles. The number of carbonyl (C=O) groups is 2. The van der Waals surface area contributed by atoms with Crippen LogP contribution in [0.15, 0.2) is 18.2 Å². The third-order valence-corrected chi connectivity index (χ3v) is 3.62. The van der Waals surface area contributed by atoms with Gasteiger partial charge in [-0.05, 0) is 18.1 Å². The lowest BCUT2D eigenvalue weighted by molar-refractivity contribution is -0.120. The molecular weight excluding hydrogens is 256 g/mol. The number of hydrogen-bond donors (Lipinski definition) is 1. The average Bonchev–Trinajstić information content (AvgIpc) is 2.76. The second-order valence-electron chi connectivity index (χ2n) is 4.87. The van der Waals surface area contributed by atoms with Crippen molar-refractivity contribution in [3.63, 3.8) is 0 Å². The molecule has 1 N–H and O–H groups in total. The van der Waals surface area contributed by atoms with E-state index >= 15 is 0 Å². The molecule has 0 unspecified atom stereocenters. The standard InChI is InChI=1S/C14H16N4O2/c1-3-9-5-4-6-10-12(9)17(2)16-13(10)18-8-7-11(19)15-14(18)20/h4-6H,3,7-8H2,1-2H3,(H,15,19,20). The highest BCUT2D eigenvalue weighted by molar-refractivity contribution is 6.09. The first-order valence-corrected chi connectivity index (χ1v) is 6.67. The number of rotatable bonds is 2. The molecule has 2 heterocycles. The van der Waals surface area contributed by atoms with Crippen molar-refractivity contribution >= 4 is 28.7 Å². The third kappa shape index (κ3) is 1.84. The molecule has 104 valence electrons. The van der Waals surface area contributed by atoms with Gasteiger partial charge in [-0.2, -0.15) is 5.10 Å². The summed E-state index contributed by atoms with van der Waals surface area (Å²) in [4.78, 5) is 24.7. The predicted molar refractivity (Wildman–Crippen MR) is 75.6 cm³/mol. The summed E-state index contributed by atoms with van der Waals surface area (Å²) in [6.07, 6.45) is 1.21. The Morgan fingerprint density at radius 2 is 2.15 bits per heavy atom. The summed E-state index contributed by atoms with van der Waals surface area (Å²) in [6.45, 7) is 2.46. The van der Waals surface area contributed by atoms with E-state index in [-0.39, 0.29) is 5.91 Å². The van der Waals surface area contributed by atoms with Crippen molar-refractivity contribution in [2.45, 2.75) is 19.8 Å². The van der Waals surface area contributed by atoms with Gasteiger partial charge in [0.1, 0.15) is 0 Å². The van der Waals surface area contributed by atoms with Gasteiger partial charge in [-0.3, -0.25) is 19.7 Å². The van der Waals surface area contributed by atoms with Crippen LogP contribution < -0.4 is 10.2 Å². The fourth-order valence-electron chi connectivity index (χ4n) is 2.65. The lowest BCUT2D eigenvalue weighted by Gasteiger charge is -2.24. The SMILES string of the molecule is CCc1cccc2c(N3CCC(=O)NC3=O)nn(C)c12. The Bertz CT molecular complexity index is 705. The molecule has 0 aliphatic carbocycles. The van der Waals surface area contributed by atoms with Gasteiger partial charge >= 0.3 is 6.03 Å². The number of imide groups is 1. The summed E-state index contributed by atoms with van der Waals surface area (Å²) in [6, 6.07) is 5.59. The van der Waals surface area contributed by atoms with Gasteiger partial charge in [-0.15, -0.1) is 0 Å². The van der Waals surface area contributed by atoms with Gasteiger partial charge in [0.25, 0.3) is 0 Å². The molecule has 1 aromatic carbocycles. The number of nitrogens with zero attached hydrogens (tertiary/aromatic N) is 3. The molecule has 1 saturated heterocycles. The maximum absolute atomic E-state index is 12.0. The van der Waals surface area contributed by atoms with Crippen molar-refractivity contribution in [2.75, 3.05) is 11.4 Å². The largest absolute Gasteiger partial charge is 0.329 e. The summed E-state index contributed by atoms with van der Waals surface area (Å²) in [5.74, 6) is 0.378. The Kier molecular flexibility index (Phi) is 2.93. The van der Waals surface area contributed by atoms with Crippen LogP contribution in [-0.4, -0.2) is 28.3 Å². The van der Waals surface area contributed by atoms with E-state index in [1.165, 1.54) is 10.5 Å². The highest BCUT2D eigenvalue weighted by atomic mass is 16.2. The maximum atomic E-state index is 12.0. The number of aryl methyl sites for hydroxylation is 2. The van der Waals surface area contributed by atoms with Crippen molar-refractivity contribution in [3.05, 3.63) is 23.8 Å². The van der Waals surface area contributed by atoms with Crippen molar-refractivity contribution < 1.29 is 9.59 Å². The second kappa shape index (κ2) is 4.63. The molecule has 6 nitrogen and oxygen atoms in total. The summed E-state index contributed by atoms with van der Waals surface area (Å²) >= 11 is 0. The molecule has 0 radical (unpaired) electrons. The zero-order chi connectivity index (χ0) is 14.3. The van der Waals surface area contributed by atoms with Gasteiger partial charge in [-0.25, -0.2) is 4.79 Å². The van der Waals surface area contributed by atoms with Gasteiger partial charge in [0.15, 0.2) is 5.82 Å². The van der Waals surface area contributed by atoms with E-state index in [0.29, 0.717) is 18.8 Å². The van der Waals surface area contributed by atoms with Crippen LogP contribution in [0.3, 0.4) is 0 Å². The Morgan fingerprint density at radius 3 is 2.85 bits per heavy atom. The topological polar surface area (TPSA) is 67.2 Å². The number of benzene rings is 1.